The van der Waals surface area contributed by atoms with Gasteiger partial charge >= 0.3 is 0 Å². The topological polar surface area (TPSA) is 32.7 Å². The number of aliphatic hydroxyl groups is 1. The standard InChI is InChI=1S/C20H31NO2/c1-20(2)10-8-18(22)12-19(20)21-11-9-17(13-21)15-23-14-16-6-4-3-5-7-16/h3-7,17-19,22H,8-15H2,1-2H3. The molecule has 1 saturated heterocycles. The van der Waals surface area contributed by atoms with Gasteiger partial charge in [-0.3, -0.25) is 4.90 Å². The lowest BCUT2D eigenvalue weighted by molar-refractivity contribution is -0.00580. The fourth-order valence-corrected chi connectivity index (χ4v) is 4.24. The van der Waals surface area contributed by atoms with E-state index in [1.807, 2.05) is 6.07 Å². The van der Waals surface area contributed by atoms with Gasteiger partial charge in [0.2, 0.25) is 0 Å². The quantitative estimate of drug-likeness (QED) is 0.902. The third kappa shape index (κ3) is 4.34. The number of benzene rings is 1. The highest BCUT2D eigenvalue weighted by molar-refractivity contribution is 5.13. The summed E-state index contributed by atoms with van der Waals surface area (Å²) in [6.07, 6.45) is 4.13. The van der Waals surface area contributed by atoms with Gasteiger partial charge in [-0.05, 0) is 49.1 Å². The van der Waals surface area contributed by atoms with Crippen LogP contribution in [0.3, 0.4) is 0 Å². The minimum Gasteiger partial charge on any atom is -0.393 e. The molecule has 2 fully saturated rings. The average molecular weight is 317 g/mol. The average Bonchev–Trinajstić information content (AvgIpc) is 2.99. The van der Waals surface area contributed by atoms with E-state index < -0.39 is 0 Å². The normalized spacial score (nSPS) is 31.3. The summed E-state index contributed by atoms with van der Waals surface area (Å²) >= 11 is 0. The molecular weight excluding hydrogens is 286 g/mol. The van der Waals surface area contributed by atoms with Crippen LogP contribution in [0.15, 0.2) is 30.3 Å². The molecule has 1 heterocycles. The molecule has 3 atom stereocenters. The summed E-state index contributed by atoms with van der Waals surface area (Å²) in [7, 11) is 0. The Balaban J connectivity index is 1.46. The maximum atomic E-state index is 10.1. The van der Waals surface area contributed by atoms with Crippen molar-refractivity contribution in [3.8, 4) is 0 Å². The molecule has 3 unspecified atom stereocenters. The number of rotatable bonds is 5. The van der Waals surface area contributed by atoms with Crippen LogP contribution in [0.4, 0.5) is 0 Å². The molecule has 1 N–H and O–H groups in total. The number of likely N-dealkylation sites (tertiary alicyclic amines) is 1. The van der Waals surface area contributed by atoms with E-state index >= 15 is 0 Å². The molecule has 1 aliphatic carbocycles. The zero-order valence-electron chi connectivity index (χ0n) is 14.6. The molecular formula is C20H31NO2. The van der Waals surface area contributed by atoms with Crippen LogP contribution < -0.4 is 0 Å². The molecule has 0 amide bonds. The molecule has 1 aromatic rings. The van der Waals surface area contributed by atoms with Gasteiger partial charge in [0.05, 0.1) is 19.3 Å². The van der Waals surface area contributed by atoms with Crippen LogP contribution in [0.1, 0.15) is 45.1 Å². The van der Waals surface area contributed by atoms with Crippen molar-refractivity contribution in [2.75, 3.05) is 19.7 Å². The molecule has 0 bridgehead atoms. The SMILES string of the molecule is CC1(C)CCC(O)CC1N1CCC(COCc2ccccc2)C1. The molecule has 2 aliphatic rings. The Kier molecular flexibility index (Phi) is 5.40. The summed E-state index contributed by atoms with van der Waals surface area (Å²) in [6.45, 7) is 8.56. The van der Waals surface area contributed by atoms with Crippen molar-refractivity contribution in [2.24, 2.45) is 11.3 Å². The minimum atomic E-state index is -0.110. The van der Waals surface area contributed by atoms with Gasteiger partial charge in [0.25, 0.3) is 0 Å². The van der Waals surface area contributed by atoms with Crippen molar-refractivity contribution in [1.82, 2.24) is 4.90 Å². The van der Waals surface area contributed by atoms with Gasteiger partial charge in [-0.15, -0.1) is 0 Å². The molecule has 128 valence electrons. The van der Waals surface area contributed by atoms with Crippen LogP contribution in [-0.4, -0.2) is 41.8 Å². The Morgan fingerprint density at radius 3 is 2.78 bits per heavy atom. The first kappa shape index (κ1) is 16.9. The number of nitrogens with zero attached hydrogens (tertiary/aromatic N) is 1. The first-order chi connectivity index (χ1) is 11.0. The minimum absolute atomic E-state index is 0.110. The van der Waals surface area contributed by atoms with Crippen LogP contribution in [0, 0.1) is 11.3 Å². The first-order valence-corrected chi connectivity index (χ1v) is 9.08. The summed E-state index contributed by atoms with van der Waals surface area (Å²) in [5.41, 5.74) is 1.57. The summed E-state index contributed by atoms with van der Waals surface area (Å²) in [5, 5.41) is 10.1. The predicted molar refractivity (Wildman–Crippen MR) is 93.2 cm³/mol. The maximum absolute atomic E-state index is 10.1. The third-order valence-corrected chi connectivity index (χ3v) is 5.74. The second-order valence-corrected chi connectivity index (χ2v) is 8.08. The molecule has 0 spiro atoms. The third-order valence-electron chi connectivity index (χ3n) is 5.74. The van der Waals surface area contributed by atoms with E-state index in [1.54, 1.807) is 0 Å². The predicted octanol–water partition coefficient (Wildman–Crippen LogP) is 3.46. The van der Waals surface area contributed by atoms with E-state index in [0.29, 0.717) is 24.0 Å². The lowest BCUT2D eigenvalue weighted by atomic mass is 9.71. The molecule has 0 radical (unpaired) electrons. The Bertz CT molecular complexity index is 488. The van der Waals surface area contributed by atoms with Gasteiger partial charge < -0.3 is 9.84 Å². The van der Waals surface area contributed by atoms with Crippen LogP contribution in [-0.2, 0) is 11.3 Å². The van der Waals surface area contributed by atoms with Gasteiger partial charge in [0, 0.05) is 12.6 Å². The molecule has 3 nitrogen and oxygen atoms in total. The zero-order chi connectivity index (χ0) is 16.3. The largest absolute Gasteiger partial charge is 0.393 e. The summed E-state index contributed by atoms with van der Waals surface area (Å²) < 4.78 is 5.94. The summed E-state index contributed by atoms with van der Waals surface area (Å²) in [4.78, 5) is 2.61. The number of hydrogen-bond acceptors (Lipinski definition) is 3. The molecule has 3 heteroatoms. The van der Waals surface area contributed by atoms with Crippen LogP contribution in [0.5, 0.6) is 0 Å². The van der Waals surface area contributed by atoms with Crippen molar-refractivity contribution in [2.45, 2.75) is 58.3 Å². The van der Waals surface area contributed by atoms with Crippen molar-refractivity contribution in [1.29, 1.82) is 0 Å². The Hall–Kier alpha value is -0.900. The first-order valence-electron chi connectivity index (χ1n) is 9.08. The second-order valence-electron chi connectivity index (χ2n) is 8.08. The molecule has 0 aromatic heterocycles. The zero-order valence-corrected chi connectivity index (χ0v) is 14.6. The van der Waals surface area contributed by atoms with Crippen LogP contribution in [0.25, 0.3) is 0 Å². The molecule has 1 saturated carbocycles. The highest BCUT2D eigenvalue weighted by atomic mass is 16.5. The van der Waals surface area contributed by atoms with E-state index in [-0.39, 0.29) is 6.10 Å². The molecule has 1 aromatic carbocycles. The van der Waals surface area contributed by atoms with Crippen molar-refractivity contribution in [3.05, 3.63) is 35.9 Å². The van der Waals surface area contributed by atoms with Gasteiger partial charge in [0.1, 0.15) is 0 Å². The van der Waals surface area contributed by atoms with E-state index in [9.17, 15) is 5.11 Å². The number of hydrogen-bond donors (Lipinski definition) is 1. The Morgan fingerprint density at radius 2 is 2.00 bits per heavy atom. The summed E-state index contributed by atoms with van der Waals surface area (Å²) in [5.74, 6) is 0.633. The monoisotopic (exact) mass is 317 g/mol. The van der Waals surface area contributed by atoms with Gasteiger partial charge in [0.15, 0.2) is 0 Å². The van der Waals surface area contributed by atoms with Crippen molar-refractivity contribution >= 4 is 0 Å². The molecule has 1 aliphatic heterocycles. The highest BCUT2D eigenvalue weighted by Gasteiger charge is 2.41. The lowest BCUT2D eigenvalue weighted by Crippen LogP contribution is -2.49. The Morgan fingerprint density at radius 1 is 1.22 bits per heavy atom. The number of aliphatic hydroxyl groups excluding tert-OH is 1. The van der Waals surface area contributed by atoms with Gasteiger partial charge in [-0.1, -0.05) is 44.2 Å². The van der Waals surface area contributed by atoms with Crippen molar-refractivity contribution in [3.63, 3.8) is 0 Å². The highest BCUT2D eigenvalue weighted by Crippen LogP contribution is 2.40. The smallest absolute Gasteiger partial charge is 0.0717 e. The fourth-order valence-electron chi connectivity index (χ4n) is 4.24. The maximum Gasteiger partial charge on any atom is 0.0717 e. The van der Waals surface area contributed by atoms with E-state index in [2.05, 4.69) is 43.0 Å². The lowest BCUT2D eigenvalue weighted by Gasteiger charge is -2.45. The van der Waals surface area contributed by atoms with E-state index in [1.165, 1.54) is 12.0 Å². The van der Waals surface area contributed by atoms with Crippen LogP contribution >= 0.6 is 0 Å². The molecule has 3 rings (SSSR count). The summed E-state index contributed by atoms with van der Waals surface area (Å²) in [6, 6.07) is 10.9. The number of ether oxygens (including phenoxy) is 1. The van der Waals surface area contributed by atoms with Crippen molar-refractivity contribution < 1.29 is 9.84 Å². The van der Waals surface area contributed by atoms with Gasteiger partial charge in [-0.25, -0.2) is 0 Å². The fraction of sp³-hybridized carbons (Fsp3) is 0.700. The van der Waals surface area contributed by atoms with Crippen LogP contribution in [0.2, 0.25) is 0 Å². The van der Waals surface area contributed by atoms with E-state index in [4.69, 9.17) is 4.74 Å². The Labute approximate surface area is 140 Å². The molecule has 23 heavy (non-hydrogen) atoms. The van der Waals surface area contributed by atoms with E-state index in [0.717, 1.165) is 39.0 Å². The van der Waals surface area contributed by atoms with Gasteiger partial charge in [-0.2, -0.15) is 0 Å². The second kappa shape index (κ2) is 7.33.